The van der Waals surface area contributed by atoms with Gasteiger partial charge in [0.25, 0.3) is 5.91 Å². The van der Waals surface area contributed by atoms with Gasteiger partial charge in [-0.25, -0.2) is 9.67 Å². The fourth-order valence-electron chi connectivity index (χ4n) is 3.05. The van der Waals surface area contributed by atoms with Gasteiger partial charge in [-0.05, 0) is 24.6 Å². The normalized spacial score (nSPS) is 11.7. The van der Waals surface area contributed by atoms with Crippen molar-refractivity contribution in [2.45, 2.75) is 32.4 Å². The molecule has 0 aliphatic carbocycles. The second kappa shape index (κ2) is 9.06. The van der Waals surface area contributed by atoms with Gasteiger partial charge in [-0.2, -0.15) is 10.4 Å². The Balaban J connectivity index is 1.83. The van der Waals surface area contributed by atoms with Gasteiger partial charge in [-0.15, -0.1) is 0 Å². The zero-order valence-electron chi connectivity index (χ0n) is 16.7. The maximum atomic E-state index is 12.4. The van der Waals surface area contributed by atoms with Crippen LogP contribution in [0.25, 0.3) is 11.0 Å². The van der Waals surface area contributed by atoms with Crippen LogP contribution >= 0.6 is 0 Å². The van der Waals surface area contributed by atoms with Crippen molar-refractivity contribution in [2.75, 3.05) is 14.2 Å². The summed E-state index contributed by atoms with van der Waals surface area (Å²) in [6, 6.07) is 8.92. The van der Waals surface area contributed by atoms with Crippen LogP contribution in [0.5, 0.6) is 11.5 Å². The maximum Gasteiger partial charge on any atom is 0.253 e. The van der Waals surface area contributed by atoms with Crippen LogP contribution in [0.15, 0.2) is 36.7 Å². The van der Waals surface area contributed by atoms with Gasteiger partial charge in [-0.3, -0.25) is 4.79 Å². The number of hydrogen-bond acceptors (Lipinski definition) is 6. The standard InChI is InChI=1S/C21H23N5O3/c1-4-5-17(10-22)25-21(27)16-8-15-12-24-26(20(15)23-11-16)13-14-6-7-18(28-2)9-19(14)29-3/h6-9,11-12,17H,4-5,13H2,1-3H3,(H,25,27). The van der Waals surface area contributed by atoms with E-state index in [-0.39, 0.29) is 5.91 Å². The van der Waals surface area contributed by atoms with Gasteiger partial charge < -0.3 is 14.8 Å². The number of fused-ring (bicyclic) bond motifs is 1. The number of nitrogens with one attached hydrogen (secondary N) is 1. The predicted molar refractivity (Wildman–Crippen MR) is 108 cm³/mol. The minimum atomic E-state index is -0.506. The van der Waals surface area contributed by atoms with Gasteiger partial charge in [0.05, 0.1) is 38.6 Å². The second-order valence-electron chi connectivity index (χ2n) is 6.56. The lowest BCUT2D eigenvalue weighted by Gasteiger charge is -2.11. The lowest BCUT2D eigenvalue weighted by Crippen LogP contribution is -2.33. The molecule has 3 aromatic rings. The third-order valence-electron chi connectivity index (χ3n) is 4.59. The summed E-state index contributed by atoms with van der Waals surface area (Å²) < 4.78 is 12.4. The molecule has 0 fully saturated rings. The van der Waals surface area contributed by atoms with Crippen molar-refractivity contribution in [2.24, 2.45) is 0 Å². The first kappa shape index (κ1) is 20.1. The quantitative estimate of drug-likeness (QED) is 0.631. The Labute approximate surface area is 169 Å². The van der Waals surface area contributed by atoms with E-state index in [1.165, 1.54) is 6.20 Å². The Hall–Kier alpha value is -3.60. The molecule has 1 aromatic carbocycles. The smallest absolute Gasteiger partial charge is 0.253 e. The van der Waals surface area contributed by atoms with Gasteiger partial charge >= 0.3 is 0 Å². The molecule has 1 amide bonds. The Morgan fingerprint density at radius 1 is 1.28 bits per heavy atom. The SMILES string of the molecule is CCCC(C#N)NC(=O)c1cnc2c(cnn2Cc2ccc(OC)cc2OC)c1. The van der Waals surface area contributed by atoms with Crippen molar-refractivity contribution >= 4 is 16.9 Å². The largest absolute Gasteiger partial charge is 0.497 e. The third-order valence-corrected chi connectivity index (χ3v) is 4.59. The highest BCUT2D eigenvalue weighted by Gasteiger charge is 2.15. The summed E-state index contributed by atoms with van der Waals surface area (Å²) in [6.07, 6.45) is 4.60. The Morgan fingerprint density at radius 3 is 2.79 bits per heavy atom. The van der Waals surface area contributed by atoms with Gasteiger partial charge in [0.2, 0.25) is 0 Å². The Kier molecular flexibility index (Phi) is 6.29. The molecular formula is C21H23N5O3. The highest BCUT2D eigenvalue weighted by atomic mass is 16.5. The van der Waals surface area contributed by atoms with Crippen LogP contribution in [0.2, 0.25) is 0 Å². The summed E-state index contributed by atoms with van der Waals surface area (Å²) in [5.74, 6) is 1.09. The van der Waals surface area contributed by atoms with E-state index in [1.54, 1.807) is 31.2 Å². The van der Waals surface area contributed by atoms with E-state index in [0.717, 1.165) is 17.4 Å². The summed E-state index contributed by atoms with van der Waals surface area (Å²) in [5.41, 5.74) is 1.98. The number of nitriles is 1. The Bertz CT molecular complexity index is 1050. The summed E-state index contributed by atoms with van der Waals surface area (Å²) >= 11 is 0. The first-order valence-corrected chi connectivity index (χ1v) is 9.32. The molecule has 0 aliphatic heterocycles. The van der Waals surface area contributed by atoms with Gasteiger partial charge in [-0.1, -0.05) is 13.3 Å². The molecule has 1 N–H and O–H groups in total. The van der Waals surface area contributed by atoms with Crippen molar-refractivity contribution in [3.8, 4) is 17.6 Å². The molecule has 0 bridgehead atoms. The van der Waals surface area contributed by atoms with E-state index < -0.39 is 6.04 Å². The van der Waals surface area contributed by atoms with Crippen molar-refractivity contribution in [1.82, 2.24) is 20.1 Å². The monoisotopic (exact) mass is 393 g/mol. The van der Waals surface area contributed by atoms with Crippen LogP contribution in [0.3, 0.4) is 0 Å². The summed E-state index contributed by atoms with van der Waals surface area (Å²) in [7, 11) is 3.21. The predicted octanol–water partition coefficient (Wildman–Crippen LogP) is 2.92. The lowest BCUT2D eigenvalue weighted by molar-refractivity contribution is 0.0943. The van der Waals surface area contributed by atoms with Gasteiger partial charge in [0, 0.05) is 23.2 Å². The van der Waals surface area contributed by atoms with E-state index in [2.05, 4.69) is 21.5 Å². The highest BCUT2D eigenvalue weighted by Crippen LogP contribution is 2.26. The molecule has 2 heterocycles. The number of aromatic nitrogens is 3. The van der Waals surface area contributed by atoms with Crippen LogP contribution in [-0.2, 0) is 6.54 Å². The maximum absolute atomic E-state index is 12.4. The number of pyridine rings is 1. The van der Waals surface area contributed by atoms with Crippen LogP contribution in [-0.4, -0.2) is 40.9 Å². The number of hydrogen-bond donors (Lipinski definition) is 1. The summed E-state index contributed by atoms with van der Waals surface area (Å²) in [4.78, 5) is 16.8. The fourth-order valence-corrected chi connectivity index (χ4v) is 3.05. The highest BCUT2D eigenvalue weighted by molar-refractivity contribution is 5.97. The van der Waals surface area contributed by atoms with Crippen LogP contribution in [0, 0.1) is 11.3 Å². The number of carbonyl (C=O) groups is 1. The topological polar surface area (TPSA) is 102 Å². The number of ether oxygens (including phenoxy) is 2. The van der Waals surface area contributed by atoms with Crippen molar-refractivity contribution in [1.29, 1.82) is 5.26 Å². The van der Waals surface area contributed by atoms with E-state index in [4.69, 9.17) is 14.7 Å². The lowest BCUT2D eigenvalue weighted by atomic mass is 10.1. The van der Waals surface area contributed by atoms with E-state index in [1.807, 2.05) is 25.1 Å². The van der Waals surface area contributed by atoms with Crippen molar-refractivity contribution in [3.05, 3.63) is 47.8 Å². The first-order chi connectivity index (χ1) is 14.1. The molecule has 1 atom stereocenters. The molecule has 8 heteroatoms. The van der Waals surface area contributed by atoms with Crippen LogP contribution in [0.1, 0.15) is 35.7 Å². The molecule has 2 aromatic heterocycles. The average molecular weight is 393 g/mol. The van der Waals surface area contributed by atoms with Gasteiger partial charge in [0.1, 0.15) is 17.5 Å². The molecule has 0 spiro atoms. The minimum absolute atomic E-state index is 0.316. The first-order valence-electron chi connectivity index (χ1n) is 9.32. The third kappa shape index (κ3) is 4.46. The number of benzene rings is 1. The molecule has 29 heavy (non-hydrogen) atoms. The molecule has 0 radical (unpaired) electrons. The molecule has 1 unspecified atom stereocenters. The molecule has 8 nitrogen and oxygen atoms in total. The average Bonchev–Trinajstić information content (AvgIpc) is 3.15. The van der Waals surface area contributed by atoms with Crippen molar-refractivity contribution in [3.63, 3.8) is 0 Å². The number of amides is 1. The zero-order chi connectivity index (χ0) is 20.8. The van der Waals surface area contributed by atoms with E-state index in [0.29, 0.717) is 35.7 Å². The van der Waals surface area contributed by atoms with Crippen LogP contribution < -0.4 is 14.8 Å². The molecule has 0 aliphatic rings. The zero-order valence-corrected chi connectivity index (χ0v) is 16.7. The summed E-state index contributed by atoms with van der Waals surface area (Å²) in [6.45, 7) is 2.43. The molecule has 3 rings (SSSR count). The molecule has 0 saturated heterocycles. The summed E-state index contributed by atoms with van der Waals surface area (Å²) in [5, 5.41) is 17.0. The Morgan fingerprint density at radius 2 is 2.10 bits per heavy atom. The fraction of sp³-hybridized carbons (Fsp3) is 0.333. The minimum Gasteiger partial charge on any atom is -0.497 e. The number of nitrogens with zero attached hydrogens (tertiary/aromatic N) is 4. The number of rotatable bonds is 8. The molecule has 150 valence electrons. The second-order valence-corrected chi connectivity index (χ2v) is 6.56. The van der Waals surface area contributed by atoms with Crippen LogP contribution in [0.4, 0.5) is 0 Å². The van der Waals surface area contributed by atoms with Gasteiger partial charge in [0.15, 0.2) is 5.65 Å². The van der Waals surface area contributed by atoms with E-state index in [9.17, 15) is 4.79 Å². The van der Waals surface area contributed by atoms with E-state index >= 15 is 0 Å². The number of methoxy groups -OCH3 is 2. The number of carbonyl (C=O) groups excluding carboxylic acids is 1. The van der Waals surface area contributed by atoms with Crippen molar-refractivity contribution < 1.29 is 14.3 Å². The molecule has 0 saturated carbocycles. The molecular weight excluding hydrogens is 370 g/mol.